The summed E-state index contributed by atoms with van der Waals surface area (Å²) in [4.78, 5) is 11.3. The molecule has 0 aliphatic carbocycles. The summed E-state index contributed by atoms with van der Waals surface area (Å²) in [6, 6.07) is 9.38. The normalized spacial score (nSPS) is 17.9. The minimum absolute atomic E-state index is 0.353. The van der Waals surface area contributed by atoms with Gasteiger partial charge < -0.3 is 18.9 Å². The highest BCUT2D eigenvalue weighted by Gasteiger charge is 2.40. The van der Waals surface area contributed by atoms with Gasteiger partial charge in [0, 0.05) is 31.3 Å². The Morgan fingerprint density at radius 2 is 1.80 bits per heavy atom. The summed E-state index contributed by atoms with van der Waals surface area (Å²) in [6.45, 7) is 4.34. The highest BCUT2D eigenvalue weighted by atomic mass is 16.7. The molecule has 4 heterocycles. The summed E-state index contributed by atoms with van der Waals surface area (Å²) in [5.41, 5.74) is 1.97. The SMILES string of the molecule is Cc1noc(-c2cc3cc(C#N)cc(C#N)c3nc2N2CCC3(CC2)OCCO3)n1. The van der Waals surface area contributed by atoms with Crippen LogP contribution in [-0.4, -0.2) is 47.2 Å². The molecule has 1 spiro atoms. The Balaban J connectivity index is 1.64. The third kappa shape index (κ3) is 3.05. The summed E-state index contributed by atoms with van der Waals surface area (Å²) in [5.74, 6) is 1.03. The Bertz CT molecular complexity index is 1210. The van der Waals surface area contributed by atoms with Crippen molar-refractivity contribution in [2.75, 3.05) is 31.2 Å². The molecule has 5 rings (SSSR count). The van der Waals surface area contributed by atoms with Crippen molar-refractivity contribution in [1.82, 2.24) is 15.1 Å². The zero-order valence-electron chi connectivity index (χ0n) is 16.4. The first-order valence-electron chi connectivity index (χ1n) is 9.73. The van der Waals surface area contributed by atoms with Gasteiger partial charge in [-0.25, -0.2) is 4.98 Å². The number of anilines is 1. The van der Waals surface area contributed by atoms with E-state index in [9.17, 15) is 10.5 Å². The maximum atomic E-state index is 9.60. The number of fused-ring (bicyclic) bond motifs is 1. The van der Waals surface area contributed by atoms with E-state index < -0.39 is 5.79 Å². The topological polar surface area (TPSA) is 121 Å². The molecule has 2 fully saturated rings. The quantitative estimate of drug-likeness (QED) is 0.637. The monoisotopic (exact) mass is 402 g/mol. The van der Waals surface area contributed by atoms with Gasteiger partial charge in [0.15, 0.2) is 11.6 Å². The molecule has 150 valence electrons. The fourth-order valence-corrected chi connectivity index (χ4v) is 4.08. The number of rotatable bonds is 2. The van der Waals surface area contributed by atoms with Crippen LogP contribution in [0.1, 0.15) is 29.8 Å². The molecular weight excluding hydrogens is 384 g/mol. The van der Waals surface area contributed by atoms with E-state index in [0.717, 1.165) is 0 Å². The molecule has 9 heteroatoms. The van der Waals surface area contributed by atoms with Gasteiger partial charge in [-0.05, 0) is 25.1 Å². The lowest BCUT2D eigenvalue weighted by Gasteiger charge is -2.38. The largest absolute Gasteiger partial charge is 0.356 e. The van der Waals surface area contributed by atoms with Crippen LogP contribution < -0.4 is 4.90 Å². The number of aromatic nitrogens is 3. The van der Waals surface area contributed by atoms with Gasteiger partial charge in [0.05, 0.1) is 41.5 Å². The molecule has 2 aliphatic rings. The van der Waals surface area contributed by atoms with Crippen molar-refractivity contribution >= 4 is 16.7 Å². The highest BCUT2D eigenvalue weighted by molar-refractivity contribution is 5.92. The van der Waals surface area contributed by atoms with Crippen molar-refractivity contribution in [3.8, 4) is 23.6 Å². The average molecular weight is 402 g/mol. The fraction of sp³-hybridized carbons (Fsp3) is 0.381. The molecule has 2 aromatic heterocycles. The third-order valence-corrected chi connectivity index (χ3v) is 5.54. The van der Waals surface area contributed by atoms with Crippen LogP contribution in [0.15, 0.2) is 22.7 Å². The van der Waals surface area contributed by atoms with E-state index in [0.29, 0.717) is 84.3 Å². The van der Waals surface area contributed by atoms with Crippen molar-refractivity contribution in [3.05, 3.63) is 35.2 Å². The zero-order valence-corrected chi connectivity index (χ0v) is 16.4. The van der Waals surface area contributed by atoms with Gasteiger partial charge in [0.1, 0.15) is 11.9 Å². The van der Waals surface area contributed by atoms with E-state index in [4.69, 9.17) is 19.0 Å². The van der Waals surface area contributed by atoms with Crippen LogP contribution in [0.4, 0.5) is 5.82 Å². The molecule has 1 aromatic carbocycles. The zero-order chi connectivity index (χ0) is 20.7. The second-order valence-electron chi connectivity index (χ2n) is 7.42. The van der Waals surface area contributed by atoms with Gasteiger partial charge in [-0.3, -0.25) is 0 Å². The van der Waals surface area contributed by atoms with Crippen LogP contribution in [-0.2, 0) is 9.47 Å². The molecule has 30 heavy (non-hydrogen) atoms. The predicted molar refractivity (Wildman–Crippen MR) is 105 cm³/mol. The van der Waals surface area contributed by atoms with Crippen LogP contribution in [0.3, 0.4) is 0 Å². The van der Waals surface area contributed by atoms with Crippen molar-refractivity contribution in [2.45, 2.75) is 25.6 Å². The van der Waals surface area contributed by atoms with Crippen LogP contribution in [0, 0.1) is 29.6 Å². The molecule has 0 unspecified atom stereocenters. The van der Waals surface area contributed by atoms with Gasteiger partial charge >= 0.3 is 0 Å². The van der Waals surface area contributed by atoms with E-state index in [-0.39, 0.29) is 0 Å². The first-order valence-corrected chi connectivity index (χ1v) is 9.73. The second-order valence-corrected chi connectivity index (χ2v) is 7.42. The van der Waals surface area contributed by atoms with Crippen LogP contribution >= 0.6 is 0 Å². The number of pyridine rings is 1. The Morgan fingerprint density at radius 3 is 2.43 bits per heavy atom. The van der Waals surface area contributed by atoms with Crippen LogP contribution in [0.2, 0.25) is 0 Å². The molecule has 0 saturated carbocycles. The van der Waals surface area contributed by atoms with E-state index in [1.165, 1.54) is 0 Å². The molecule has 0 atom stereocenters. The van der Waals surface area contributed by atoms with Crippen molar-refractivity contribution < 1.29 is 14.0 Å². The number of nitriles is 2. The Hall–Kier alpha value is -3.53. The summed E-state index contributed by atoms with van der Waals surface area (Å²) in [7, 11) is 0. The molecule has 0 amide bonds. The molecule has 0 radical (unpaired) electrons. The predicted octanol–water partition coefficient (Wildman–Crippen LogP) is 2.68. The number of hydrogen-bond acceptors (Lipinski definition) is 9. The first-order chi connectivity index (χ1) is 14.6. The molecule has 9 nitrogen and oxygen atoms in total. The van der Waals surface area contributed by atoms with Crippen molar-refractivity contribution in [3.63, 3.8) is 0 Å². The van der Waals surface area contributed by atoms with E-state index in [1.54, 1.807) is 19.1 Å². The number of nitrogens with zero attached hydrogens (tertiary/aromatic N) is 6. The number of aryl methyl sites for hydroxylation is 1. The molecule has 2 saturated heterocycles. The summed E-state index contributed by atoms with van der Waals surface area (Å²) in [6.07, 6.45) is 1.43. The summed E-state index contributed by atoms with van der Waals surface area (Å²) in [5, 5.41) is 23.5. The van der Waals surface area contributed by atoms with Gasteiger partial charge in [-0.2, -0.15) is 15.5 Å². The smallest absolute Gasteiger partial charge is 0.261 e. The fourth-order valence-electron chi connectivity index (χ4n) is 4.08. The number of hydrogen-bond donors (Lipinski definition) is 0. The highest BCUT2D eigenvalue weighted by Crippen LogP contribution is 2.37. The van der Waals surface area contributed by atoms with E-state index >= 15 is 0 Å². The molecular formula is C21H18N6O3. The Kier molecular flexibility index (Phi) is 4.35. The third-order valence-electron chi connectivity index (χ3n) is 5.54. The maximum Gasteiger partial charge on any atom is 0.261 e. The lowest BCUT2D eigenvalue weighted by atomic mass is 10.0. The Labute approximate surface area is 172 Å². The van der Waals surface area contributed by atoms with Crippen molar-refractivity contribution in [2.24, 2.45) is 0 Å². The second kappa shape index (κ2) is 7.06. The number of ether oxygens (including phenoxy) is 2. The van der Waals surface area contributed by atoms with Crippen LogP contribution in [0.5, 0.6) is 0 Å². The van der Waals surface area contributed by atoms with E-state index in [2.05, 4.69) is 27.2 Å². The molecule has 0 N–H and O–H groups in total. The standard InChI is InChI=1S/C21H18N6O3/c1-13-24-20(30-26-13)17-10-15-8-14(11-22)9-16(12-23)18(15)25-19(17)27-4-2-21(3-5-27)28-6-7-29-21/h8-10H,2-7H2,1H3. The van der Waals surface area contributed by atoms with Gasteiger partial charge in [0.2, 0.25) is 0 Å². The van der Waals surface area contributed by atoms with Gasteiger partial charge in [0.25, 0.3) is 5.89 Å². The lowest BCUT2D eigenvalue weighted by molar-refractivity contribution is -0.169. The number of piperidine rings is 1. The minimum Gasteiger partial charge on any atom is -0.356 e. The minimum atomic E-state index is -0.506. The van der Waals surface area contributed by atoms with Gasteiger partial charge in [-0.15, -0.1) is 0 Å². The van der Waals surface area contributed by atoms with E-state index in [1.807, 2.05) is 6.07 Å². The molecule has 3 aromatic rings. The molecule has 2 aliphatic heterocycles. The Morgan fingerprint density at radius 1 is 1.03 bits per heavy atom. The molecule has 0 bridgehead atoms. The lowest BCUT2D eigenvalue weighted by Crippen LogP contribution is -2.45. The van der Waals surface area contributed by atoms with Gasteiger partial charge in [-0.1, -0.05) is 5.16 Å². The summed E-state index contributed by atoms with van der Waals surface area (Å²) < 4.78 is 17.1. The average Bonchev–Trinajstić information content (AvgIpc) is 3.42. The summed E-state index contributed by atoms with van der Waals surface area (Å²) >= 11 is 0. The first kappa shape index (κ1) is 18.5. The maximum absolute atomic E-state index is 9.60. The van der Waals surface area contributed by atoms with Crippen LogP contribution in [0.25, 0.3) is 22.4 Å². The van der Waals surface area contributed by atoms with Crippen molar-refractivity contribution in [1.29, 1.82) is 10.5 Å². The number of benzene rings is 1.